The average molecular weight is 714 g/mol. The van der Waals surface area contributed by atoms with E-state index in [2.05, 4.69) is 224 Å². The number of fused-ring (bicyclic) bond motifs is 6. The second-order valence-corrected chi connectivity index (χ2v) is 17.9. The van der Waals surface area contributed by atoms with Crippen LogP contribution < -0.4 is 4.90 Å². The van der Waals surface area contributed by atoms with Crippen molar-refractivity contribution in [1.29, 1.82) is 0 Å². The van der Waals surface area contributed by atoms with Gasteiger partial charge in [0.15, 0.2) is 0 Å². The highest BCUT2D eigenvalue weighted by molar-refractivity contribution is 5.88. The highest BCUT2D eigenvalue weighted by atomic mass is 15.1. The van der Waals surface area contributed by atoms with Crippen LogP contribution in [0.4, 0.5) is 17.1 Å². The molecule has 0 saturated carbocycles. The smallest absolute Gasteiger partial charge is 0.0468 e. The van der Waals surface area contributed by atoms with Gasteiger partial charge in [-0.25, -0.2) is 0 Å². The summed E-state index contributed by atoms with van der Waals surface area (Å²) in [6.07, 6.45) is 0. The van der Waals surface area contributed by atoms with E-state index in [9.17, 15) is 0 Å². The summed E-state index contributed by atoms with van der Waals surface area (Å²) >= 11 is 0. The van der Waals surface area contributed by atoms with E-state index in [0.29, 0.717) is 0 Å². The second kappa shape index (κ2) is 12.4. The van der Waals surface area contributed by atoms with Crippen LogP contribution in [0.2, 0.25) is 0 Å². The SMILES string of the molecule is CC1(C)c2ccccc2-c2cc(N(c3ccccc3)c3ccc4c(c3)C(C)(C)C(C)(C)c3ccc(-c5cccc(-c6ccccc6)c5)cc3-4)ccc2C1(C)C. The van der Waals surface area contributed by atoms with E-state index in [4.69, 9.17) is 0 Å². The van der Waals surface area contributed by atoms with Gasteiger partial charge in [-0.05, 0) is 137 Å². The van der Waals surface area contributed by atoms with E-state index in [1.54, 1.807) is 0 Å². The van der Waals surface area contributed by atoms with Crippen molar-refractivity contribution in [3.05, 3.63) is 186 Å². The van der Waals surface area contributed by atoms with Gasteiger partial charge in [0.2, 0.25) is 0 Å². The summed E-state index contributed by atoms with van der Waals surface area (Å²) in [4.78, 5) is 2.46. The summed E-state index contributed by atoms with van der Waals surface area (Å²) in [7, 11) is 0. The van der Waals surface area contributed by atoms with Crippen molar-refractivity contribution in [2.24, 2.45) is 0 Å². The Morgan fingerprint density at radius 2 is 0.727 bits per heavy atom. The van der Waals surface area contributed by atoms with Crippen LogP contribution in [0.25, 0.3) is 44.5 Å². The number of para-hydroxylation sites is 1. The quantitative estimate of drug-likeness (QED) is 0.172. The number of anilines is 3. The lowest BCUT2D eigenvalue weighted by atomic mass is 9.55. The Bertz CT molecular complexity index is 2590. The van der Waals surface area contributed by atoms with E-state index in [0.717, 1.165) is 5.69 Å². The minimum atomic E-state index is -0.132. The van der Waals surface area contributed by atoms with Crippen LogP contribution in [0.1, 0.15) is 77.6 Å². The minimum Gasteiger partial charge on any atom is -0.310 e. The monoisotopic (exact) mass is 713 g/mol. The first-order chi connectivity index (χ1) is 26.3. The predicted molar refractivity (Wildman–Crippen MR) is 235 cm³/mol. The molecule has 0 aromatic heterocycles. The lowest BCUT2D eigenvalue weighted by Gasteiger charge is -2.49. The van der Waals surface area contributed by atoms with Gasteiger partial charge in [0.25, 0.3) is 0 Å². The zero-order valence-electron chi connectivity index (χ0n) is 33.5. The van der Waals surface area contributed by atoms with E-state index in [-0.39, 0.29) is 21.7 Å². The molecule has 0 N–H and O–H groups in total. The zero-order valence-corrected chi connectivity index (χ0v) is 33.5. The Balaban J connectivity index is 1.20. The molecule has 0 fully saturated rings. The molecule has 55 heavy (non-hydrogen) atoms. The molecule has 0 heterocycles. The molecule has 0 radical (unpaired) electrons. The molecule has 0 saturated heterocycles. The average Bonchev–Trinajstić information content (AvgIpc) is 3.20. The minimum absolute atomic E-state index is 0.00500. The Hall–Kier alpha value is -5.66. The van der Waals surface area contributed by atoms with Gasteiger partial charge in [0.05, 0.1) is 0 Å². The van der Waals surface area contributed by atoms with Gasteiger partial charge < -0.3 is 4.90 Å². The third kappa shape index (κ3) is 5.27. The molecular weight excluding hydrogens is 663 g/mol. The Morgan fingerprint density at radius 1 is 0.273 bits per heavy atom. The van der Waals surface area contributed by atoms with Crippen LogP contribution in [-0.4, -0.2) is 0 Å². The number of rotatable bonds is 5. The largest absolute Gasteiger partial charge is 0.310 e. The molecular formula is C54H51N. The van der Waals surface area contributed by atoms with Crippen LogP contribution in [0.15, 0.2) is 164 Å². The first kappa shape index (κ1) is 35.1. The summed E-state index contributed by atoms with van der Waals surface area (Å²) in [6.45, 7) is 19.3. The molecule has 7 aromatic rings. The molecule has 1 nitrogen and oxygen atoms in total. The molecule has 7 aromatic carbocycles. The van der Waals surface area contributed by atoms with Gasteiger partial charge in [0.1, 0.15) is 0 Å². The maximum atomic E-state index is 2.48. The highest BCUT2D eigenvalue weighted by Crippen LogP contribution is 2.57. The maximum Gasteiger partial charge on any atom is 0.0468 e. The van der Waals surface area contributed by atoms with E-state index in [1.165, 1.54) is 78.1 Å². The third-order valence-corrected chi connectivity index (χ3v) is 14.2. The van der Waals surface area contributed by atoms with Crippen molar-refractivity contribution in [3.8, 4) is 44.5 Å². The van der Waals surface area contributed by atoms with Crippen molar-refractivity contribution in [3.63, 3.8) is 0 Å². The zero-order chi connectivity index (χ0) is 38.3. The summed E-state index contributed by atoms with van der Waals surface area (Å²) in [5.41, 5.74) is 19.1. The van der Waals surface area contributed by atoms with Crippen molar-refractivity contribution in [1.82, 2.24) is 0 Å². The fourth-order valence-corrected chi connectivity index (χ4v) is 9.50. The molecule has 9 rings (SSSR count). The molecule has 0 amide bonds. The van der Waals surface area contributed by atoms with Crippen LogP contribution in [0.5, 0.6) is 0 Å². The fraction of sp³-hybridized carbons (Fsp3) is 0.222. The van der Waals surface area contributed by atoms with Gasteiger partial charge in [-0.15, -0.1) is 0 Å². The summed E-state index contributed by atoms with van der Waals surface area (Å²) in [5, 5.41) is 0. The second-order valence-electron chi connectivity index (χ2n) is 17.9. The lowest BCUT2D eigenvalue weighted by Crippen LogP contribution is -2.43. The molecule has 0 spiro atoms. The predicted octanol–water partition coefficient (Wildman–Crippen LogP) is 15.0. The van der Waals surface area contributed by atoms with Crippen molar-refractivity contribution in [2.45, 2.75) is 77.0 Å². The summed E-state index contributed by atoms with van der Waals surface area (Å²) < 4.78 is 0. The molecule has 1 heteroatoms. The molecule has 2 aliphatic rings. The van der Waals surface area contributed by atoms with Gasteiger partial charge in [-0.2, -0.15) is 0 Å². The maximum absolute atomic E-state index is 2.48. The Labute approximate surface area is 328 Å². The molecule has 0 atom stereocenters. The van der Waals surface area contributed by atoms with Gasteiger partial charge in [-0.3, -0.25) is 0 Å². The number of benzene rings is 7. The van der Waals surface area contributed by atoms with E-state index in [1.807, 2.05) is 0 Å². The number of hydrogen-bond donors (Lipinski definition) is 0. The van der Waals surface area contributed by atoms with Crippen LogP contribution in [0.3, 0.4) is 0 Å². The molecule has 0 unspecified atom stereocenters. The van der Waals surface area contributed by atoms with Gasteiger partial charge in [-0.1, -0.05) is 171 Å². The first-order valence-corrected chi connectivity index (χ1v) is 19.9. The highest BCUT2D eigenvalue weighted by Gasteiger charge is 2.47. The normalized spacial score (nSPS) is 16.6. The van der Waals surface area contributed by atoms with Gasteiger partial charge >= 0.3 is 0 Å². The first-order valence-electron chi connectivity index (χ1n) is 19.9. The van der Waals surface area contributed by atoms with E-state index < -0.39 is 0 Å². The summed E-state index contributed by atoms with van der Waals surface area (Å²) in [5.74, 6) is 0. The lowest BCUT2D eigenvalue weighted by molar-refractivity contribution is 0.299. The summed E-state index contributed by atoms with van der Waals surface area (Å²) in [6, 6.07) is 61.1. The Kier molecular flexibility index (Phi) is 7.93. The van der Waals surface area contributed by atoms with Crippen molar-refractivity contribution >= 4 is 17.1 Å². The molecule has 0 bridgehead atoms. The topological polar surface area (TPSA) is 3.24 Å². The van der Waals surface area contributed by atoms with Crippen LogP contribution >= 0.6 is 0 Å². The molecule has 2 aliphatic carbocycles. The molecule has 272 valence electrons. The fourth-order valence-electron chi connectivity index (χ4n) is 9.50. The van der Waals surface area contributed by atoms with Crippen LogP contribution in [0, 0.1) is 0 Å². The standard InChI is InChI=1S/C54H51N/c1-51(2)47-25-16-15-24-43(47)46-34-41(28-31-49(46)52(51,3)4)55(40-22-13-10-14-23-40)42-27-29-44-45-33-39(26-30-48(45)53(5,6)54(7,8)50(44)35-42)38-21-17-20-37(32-38)36-18-11-9-12-19-36/h9-35H,1-8H3. The van der Waals surface area contributed by atoms with E-state index >= 15 is 0 Å². The van der Waals surface area contributed by atoms with Crippen molar-refractivity contribution < 1.29 is 0 Å². The van der Waals surface area contributed by atoms with Crippen LogP contribution in [-0.2, 0) is 21.7 Å². The number of nitrogens with zero attached hydrogens (tertiary/aromatic N) is 1. The van der Waals surface area contributed by atoms with Gasteiger partial charge in [0, 0.05) is 17.1 Å². The molecule has 0 aliphatic heterocycles. The third-order valence-electron chi connectivity index (χ3n) is 14.2. The van der Waals surface area contributed by atoms with Crippen molar-refractivity contribution in [2.75, 3.05) is 4.90 Å². The Morgan fingerprint density at radius 3 is 1.42 bits per heavy atom. The number of hydrogen-bond acceptors (Lipinski definition) is 1.